The molecule has 1 aromatic heterocycles. The maximum atomic E-state index is 3.47. The highest BCUT2D eigenvalue weighted by atomic mass is 79.9. The van der Waals surface area contributed by atoms with Crippen LogP contribution < -0.4 is 5.32 Å². The monoisotopic (exact) mass is 233 g/mol. The molecule has 0 aliphatic rings. The molecular formula is C8H12BrNS. The molecule has 1 heterocycles. The van der Waals surface area contributed by atoms with Gasteiger partial charge >= 0.3 is 0 Å². The zero-order chi connectivity index (χ0) is 8.43. The summed E-state index contributed by atoms with van der Waals surface area (Å²) in [6.45, 7) is 4.32. The Bertz CT molecular complexity index is 244. The van der Waals surface area contributed by atoms with Crippen LogP contribution in [-0.4, -0.2) is 7.05 Å². The first kappa shape index (κ1) is 9.23. The highest BCUT2D eigenvalue weighted by Gasteiger charge is 2.08. The molecule has 1 aromatic rings. The summed E-state index contributed by atoms with van der Waals surface area (Å²) in [4.78, 5) is 1.39. The van der Waals surface area contributed by atoms with Crippen molar-refractivity contribution in [3.63, 3.8) is 0 Å². The Morgan fingerprint density at radius 3 is 2.64 bits per heavy atom. The first-order valence-corrected chi connectivity index (χ1v) is 5.19. The van der Waals surface area contributed by atoms with Crippen LogP contribution >= 0.6 is 27.3 Å². The van der Waals surface area contributed by atoms with E-state index in [1.54, 1.807) is 11.3 Å². The van der Waals surface area contributed by atoms with Gasteiger partial charge in [-0.2, -0.15) is 0 Å². The van der Waals surface area contributed by atoms with E-state index in [1.165, 1.54) is 14.2 Å². The molecule has 0 fully saturated rings. The molecular weight excluding hydrogens is 222 g/mol. The summed E-state index contributed by atoms with van der Waals surface area (Å²) in [5.74, 6) is 0. The molecule has 0 spiro atoms. The molecule has 1 unspecified atom stereocenters. The summed E-state index contributed by atoms with van der Waals surface area (Å²) in [6.07, 6.45) is 0. The molecule has 0 bridgehead atoms. The van der Waals surface area contributed by atoms with Crippen molar-refractivity contribution in [2.45, 2.75) is 19.9 Å². The molecule has 1 atom stereocenters. The third kappa shape index (κ3) is 2.04. The first-order valence-electron chi connectivity index (χ1n) is 3.58. The van der Waals surface area contributed by atoms with Gasteiger partial charge in [0.15, 0.2) is 0 Å². The fraction of sp³-hybridized carbons (Fsp3) is 0.500. The van der Waals surface area contributed by atoms with Gasteiger partial charge in [0.1, 0.15) is 0 Å². The fourth-order valence-electron chi connectivity index (χ4n) is 1.04. The summed E-state index contributed by atoms with van der Waals surface area (Å²) >= 11 is 5.26. The molecule has 0 aliphatic carbocycles. The van der Waals surface area contributed by atoms with E-state index < -0.39 is 0 Å². The first-order chi connectivity index (χ1) is 5.15. The van der Waals surface area contributed by atoms with E-state index in [2.05, 4.69) is 41.2 Å². The molecule has 0 saturated carbocycles. The van der Waals surface area contributed by atoms with Crippen LogP contribution in [0.25, 0.3) is 0 Å². The van der Waals surface area contributed by atoms with Gasteiger partial charge in [-0.1, -0.05) is 0 Å². The number of aryl methyl sites for hydroxylation is 1. The Labute approximate surface area is 79.9 Å². The minimum atomic E-state index is 0.456. The van der Waals surface area contributed by atoms with Crippen molar-refractivity contribution in [3.05, 3.63) is 20.3 Å². The van der Waals surface area contributed by atoms with Gasteiger partial charge < -0.3 is 5.32 Å². The SMILES string of the molecule is CNC(C)c1cc(Br)sc1C. The van der Waals surface area contributed by atoms with Crippen LogP contribution in [0.2, 0.25) is 0 Å². The molecule has 62 valence electrons. The van der Waals surface area contributed by atoms with Gasteiger partial charge in [0.25, 0.3) is 0 Å². The Balaban J connectivity index is 2.93. The maximum absolute atomic E-state index is 3.47. The van der Waals surface area contributed by atoms with E-state index in [9.17, 15) is 0 Å². The van der Waals surface area contributed by atoms with E-state index in [4.69, 9.17) is 0 Å². The van der Waals surface area contributed by atoms with Crippen molar-refractivity contribution >= 4 is 27.3 Å². The third-order valence-electron chi connectivity index (χ3n) is 1.83. The predicted octanol–water partition coefficient (Wildman–Crippen LogP) is 3.10. The average molecular weight is 234 g/mol. The summed E-state index contributed by atoms with van der Waals surface area (Å²) in [5, 5.41) is 3.22. The molecule has 3 heteroatoms. The van der Waals surface area contributed by atoms with Crippen LogP contribution in [0.4, 0.5) is 0 Å². The quantitative estimate of drug-likeness (QED) is 0.829. The van der Waals surface area contributed by atoms with Gasteiger partial charge in [0, 0.05) is 10.9 Å². The summed E-state index contributed by atoms with van der Waals surface area (Å²) in [5.41, 5.74) is 1.39. The van der Waals surface area contributed by atoms with Gasteiger partial charge in [-0.15, -0.1) is 11.3 Å². The molecule has 1 N–H and O–H groups in total. The van der Waals surface area contributed by atoms with Crippen LogP contribution in [0.15, 0.2) is 9.85 Å². The van der Waals surface area contributed by atoms with Gasteiger partial charge in [0.2, 0.25) is 0 Å². The molecule has 11 heavy (non-hydrogen) atoms. The summed E-state index contributed by atoms with van der Waals surface area (Å²) in [7, 11) is 1.98. The molecule has 0 aromatic carbocycles. The highest BCUT2D eigenvalue weighted by Crippen LogP contribution is 2.29. The van der Waals surface area contributed by atoms with Crippen LogP contribution in [0.3, 0.4) is 0 Å². The minimum absolute atomic E-state index is 0.456. The summed E-state index contributed by atoms with van der Waals surface area (Å²) < 4.78 is 1.21. The lowest BCUT2D eigenvalue weighted by Gasteiger charge is -2.08. The number of rotatable bonds is 2. The maximum Gasteiger partial charge on any atom is 0.0704 e. The molecule has 0 saturated heterocycles. The Morgan fingerprint density at radius 1 is 1.64 bits per heavy atom. The lowest BCUT2D eigenvalue weighted by atomic mass is 10.1. The molecule has 1 nitrogen and oxygen atoms in total. The van der Waals surface area contributed by atoms with Crippen molar-refractivity contribution in [2.24, 2.45) is 0 Å². The average Bonchev–Trinajstić information content (AvgIpc) is 2.28. The Kier molecular flexibility index (Phi) is 3.10. The lowest BCUT2D eigenvalue weighted by Crippen LogP contribution is -2.12. The third-order valence-corrected chi connectivity index (χ3v) is 3.39. The minimum Gasteiger partial charge on any atom is -0.313 e. The van der Waals surface area contributed by atoms with Crippen molar-refractivity contribution in [2.75, 3.05) is 7.05 Å². The zero-order valence-electron chi connectivity index (χ0n) is 6.94. The van der Waals surface area contributed by atoms with E-state index in [0.29, 0.717) is 6.04 Å². The normalized spacial score (nSPS) is 13.5. The largest absolute Gasteiger partial charge is 0.313 e. The second-order valence-electron chi connectivity index (χ2n) is 2.57. The number of nitrogens with one attached hydrogen (secondary N) is 1. The Morgan fingerprint density at radius 2 is 2.27 bits per heavy atom. The molecule has 0 amide bonds. The van der Waals surface area contributed by atoms with Gasteiger partial charge in [-0.25, -0.2) is 0 Å². The number of thiophene rings is 1. The predicted molar refractivity (Wildman–Crippen MR) is 54.2 cm³/mol. The van der Waals surface area contributed by atoms with E-state index in [1.807, 2.05) is 7.05 Å². The fourth-order valence-corrected chi connectivity index (χ4v) is 2.85. The van der Waals surface area contributed by atoms with E-state index in [-0.39, 0.29) is 0 Å². The van der Waals surface area contributed by atoms with Gasteiger partial charge in [-0.05, 0) is 48.5 Å². The van der Waals surface area contributed by atoms with Crippen molar-refractivity contribution in [1.82, 2.24) is 5.32 Å². The topological polar surface area (TPSA) is 12.0 Å². The van der Waals surface area contributed by atoms with Crippen LogP contribution in [0, 0.1) is 6.92 Å². The smallest absolute Gasteiger partial charge is 0.0704 e. The van der Waals surface area contributed by atoms with Crippen LogP contribution in [0.1, 0.15) is 23.4 Å². The van der Waals surface area contributed by atoms with E-state index in [0.717, 1.165) is 0 Å². The Hall–Kier alpha value is 0.140. The van der Waals surface area contributed by atoms with Crippen molar-refractivity contribution < 1.29 is 0 Å². The van der Waals surface area contributed by atoms with Crippen molar-refractivity contribution in [1.29, 1.82) is 0 Å². The number of hydrogen-bond acceptors (Lipinski definition) is 2. The molecule has 0 radical (unpaired) electrons. The van der Waals surface area contributed by atoms with Crippen LogP contribution in [-0.2, 0) is 0 Å². The van der Waals surface area contributed by atoms with Crippen molar-refractivity contribution in [3.8, 4) is 0 Å². The van der Waals surface area contributed by atoms with E-state index >= 15 is 0 Å². The van der Waals surface area contributed by atoms with Gasteiger partial charge in [-0.3, -0.25) is 0 Å². The number of hydrogen-bond donors (Lipinski definition) is 1. The lowest BCUT2D eigenvalue weighted by molar-refractivity contribution is 0.651. The molecule has 1 rings (SSSR count). The zero-order valence-corrected chi connectivity index (χ0v) is 9.34. The number of halogens is 1. The molecule has 0 aliphatic heterocycles. The van der Waals surface area contributed by atoms with Crippen LogP contribution in [0.5, 0.6) is 0 Å². The standard InChI is InChI=1S/C8H12BrNS/c1-5(10-3)7-4-8(9)11-6(7)2/h4-5,10H,1-3H3. The summed E-state index contributed by atoms with van der Waals surface area (Å²) in [6, 6.07) is 2.64. The highest BCUT2D eigenvalue weighted by molar-refractivity contribution is 9.11. The second-order valence-corrected chi connectivity index (χ2v) is 5.21. The van der Waals surface area contributed by atoms with Gasteiger partial charge in [0.05, 0.1) is 3.79 Å². The second kappa shape index (κ2) is 3.70.